The van der Waals surface area contributed by atoms with Gasteiger partial charge in [0.2, 0.25) is 11.8 Å². The Kier molecular flexibility index (Phi) is 8.37. The van der Waals surface area contributed by atoms with Crippen LogP contribution in [0.3, 0.4) is 0 Å². The second-order valence-electron chi connectivity index (χ2n) is 6.76. The molecule has 0 saturated heterocycles. The summed E-state index contributed by atoms with van der Waals surface area (Å²) < 4.78 is 0. The van der Waals surface area contributed by atoms with Crippen molar-refractivity contribution in [2.75, 3.05) is 27.7 Å². The summed E-state index contributed by atoms with van der Waals surface area (Å²) in [5.41, 5.74) is 0.240. The third-order valence-electron chi connectivity index (χ3n) is 3.73. The monoisotopic (exact) mass is 401 g/mol. The van der Waals surface area contributed by atoms with E-state index < -0.39 is 11.9 Å². The van der Waals surface area contributed by atoms with Gasteiger partial charge in [0.1, 0.15) is 6.04 Å². The summed E-state index contributed by atoms with van der Waals surface area (Å²) in [7, 11) is 4.78. The smallest absolute Gasteiger partial charge is 0.253 e. The van der Waals surface area contributed by atoms with Crippen LogP contribution < -0.4 is 5.32 Å². The third kappa shape index (κ3) is 6.50. The topological polar surface area (TPSA) is 69.7 Å². The van der Waals surface area contributed by atoms with E-state index >= 15 is 0 Å². The molecule has 1 aromatic carbocycles. The molecule has 6 nitrogen and oxygen atoms in total. The molecule has 0 fully saturated rings. The molecule has 0 aliphatic rings. The van der Waals surface area contributed by atoms with Crippen LogP contribution in [0.25, 0.3) is 0 Å². The van der Waals surface area contributed by atoms with Gasteiger partial charge in [-0.1, -0.05) is 37.0 Å². The number of likely N-dealkylation sites (N-methyl/N-ethyl adjacent to an activating group) is 2. The minimum Gasteiger partial charge on any atom is -0.347 e. The van der Waals surface area contributed by atoms with Gasteiger partial charge in [-0.25, -0.2) is 0 Å². The minimum atomic E-state index is -0.755. The summed E-state index contributed by atoms with van der Waals surface area (Å²) in [5, 5.41) is 3.36. The molecule has 0 saturated carbocycles. The molecule has 1 unspecified atom stereocenters. The molecule has 0 aromatic heterocycles. The Labute approximate surface area is 164 Å². The number of nitrogens with one attached hydrogen (secondary N) is 1. The largest absolute Gasteiger partial charge is 0.347 e. The van der Waals surface area contributed by atoms with Gasteiger partial charge in [0, 0.05) is 26.2 Å². The Morgan fingerprint density at radius 1 is 1.12 bits per heavy atom. The van der Waals surface area contributed by atoms with Gasteiger partial charge in [-0.2, -0.15) is 0 Å². The third-order valence-corrected chi connectivity index (χ3v) is 4.28. The Morgan fingerprint density at radius 3 is 2.23 bits per heavy atom. The number of hydrogen-bond donors (Lipinski definition) is 1. The molecule has 3 amide bonds. The molecular formula is C18H25Cl2N3O3. The molecule has 0 radical (unpaired) electrons. The van der Waals surface area contributed by atoms with Crippen LogP contribution in [0.1, 0.15) is 30.6 Å². The summed E-state index contributed by atoms with van der Waals surface area (Å²) in [6.45, 7) is 3.84. The Morgan fingerprint density at radius 2 is 1.73 bits per heavy atom. The second-order valence-corrected chi connectivity index (χ2v) is 7.61. The van der Waals surface area contributed by atoms with Gasteiger partial charge >= 0.3 is 0 Å². The molecule has 1 N–H and O–H groups in total. The lowest BCUT2D eigenvalue weighted by atomic mass is 10.0. The van der Waals surface area contributed by atoms with Crippen LogP contribution in [0.5, 0.6) is 0 Å². The van der Waals surface area contributed by atoms with Crippen LogP contribution in [0.2, 0.25) is 10.0 Å². The molecule has 0 aliphatic heterocycles. The maximum Gasteiger partial charge on any atom is 0.253 e. The van der Waals surface area contributed by atoms with Crippen LogP contribution in [-0.4, -0.2) is 61.3 Å². The SMILES string of the molecule is CC(C)CC(NC(=O)c1ccc(Cl)cc1Cl)C(=O)N(C)CC(=O)N(C)C. The second kappa shape index (κ2) is 9.78. The standard InChI is InChI=1S/C18H25Cl2N3O3/c1-11(2)8-15(18(26)23(5)10-16(24)22(3)4)21-17(25)13-7-6-12(19)9-14(13)20/h6-7,9,11,15H,8,10H2,1-5H3,(H,21,25). The number of hydrogen-bond acceptors (Lipinski definition) is 3. The first-order chi connectivity index (χ1) is 12.0. The number of carbonyl (C=O) groups excluding carboxylic acids is 3. The molecule has 144 valence electrons. The van der Waals surface area contributed by atoms with E-state index in [2.05, 4.69) is 5.32 Å². The fourth-order valence-electron chi connectivity index (χ4n) is 2.29. The van der Waals surface area contributed by atoms with Crippen molar-refractivity contribution in [3.05, 3.63) is 33.8 Å². The lowest BCUT2D eigenvalue weighted by molar-refractivity contribution is -0.139. The predicted molar refractivity (Wildman–Crippen MR) is 104 cm³/mol. The average molecular weight is 402 g/mol. The van der Waals surface area contributed by atoms with E-state index in [0.29, 0.717) is 11.4 Å². The van der Waals surface area contributed by atoms with Crippen LogP contribution in [0.4, 0.5) is 0 Å². The van der Waals surface area contributed by atoms with Crippen molar-refractivity contribution in [2.45, 2.75) is 26.3 Å². The van der Waals surface area contributed by atoms with Gasteiger partial charge in [0.15, 0.2) is 0 Å². The van der Waals surface area contributed by atoms with Crippen molar-refractivity contribution >= 4 is 40.9 Å². The zero-order valence-corrected chi connectivity index (χ0v) is 17.2. The van der Waals surface area contributed by atoms with Crippen molar-refractivity contribution < 1.29 is 14.4 Å². The number of benzene rings is 1. The van der Waals surface area contributed by atoms with E-state index in [1.54, 1.807) is 27.2 Å². The molecule has 1 rings (SSSR count). The fraction of sp³-hybridized carbons (Fsp3) is 0.500. The van der Waals surface area contributed by atoms with Crippen molar-refractivity contribution in [2.24, 2.45) is 5.92 Å². The first-order valence-corrected chi connectivity index (χ1v) is 8.99. The number of carbonyl (C=O) groups is 3. The maximum atomic E-state index is 12.7. The van der Waals surface area contributed by atoms with Gasteiger partial charge in [0.25, 0.3) is 5.91 Å². The molecule has 0 bridgehead atoms. The first kappa shape index (κ1) is 22.3. The Bertz CT molecular complexity index is 678. The van der Waals surface area contributed by atoms with E-state index in [1.807, 2.05) is 13.8 Å². The summed E-state index contributed by atoms with van der Waals surface area (Å²) >= 11 is 11.9. The zero-order chi connectivity index (χ0) is 20.0. The summed E-state index contributed by atoms with van der Waals surface area (Å²) in [4.78, 5) is 39.8. The number of nitrogens with zero attached hydrogens (tertiary/aromatic N) is 2. The lowest BCUT2D eigenvalue weighted by Crippen LogP contribution is -2.50. The number of amides is 3. The molecule has 0 heterocycles. The predicted octanol–water partition coefficient (Wildman–Crippen LogP) is 2.68. The highest BCUT2D eigenvalue weighted by Crippen LogP contribution is 2.21. The van der Waals surface area contributed by atoms with E-state index in [0.717, 1.165) is 0 Å². The van der Waals surface area contributed by atoms with Crippen molar-refractivity contribution in [3.8, 4) is 0 Å². The summed E-state index contributed by atoms with van der Waals surface area (Å²) in [6.07, 6.45) is 0.441. The Hall–Kier alpha value is -1.79. The van der Waals surface area contributed by atoms with Crippen molar-refractivity contribution in [1.29, 1.82) is 0 Å². The van der Waals surface area contributed by atoms with E-state index in [-0.39, 0.29) is 34.9 Å². The lowest BCUT2D eigenvalue weighted by Gasteiger charge is -2.26. The van der Waals surface area contributed by atoms with E-state index in [1.165, 1.54) is 21.9 Å². The van der Waals surface area contributed by atoms with Crippen LogP contribution in [0.15, 0.2) is 18.2 Å². The van der Waals surface area contributed by atoms with Gasteiger partial charge in [-0.15, -0.1) is 0 Å². The van der Waals surface area contributed by atoms with E-state index in [4.69, 9.17) is 23.2 Å². The normalized spacial score (nSPS) is 11.8. The van der Waals surface area contributed by atoms with E-state index in [9.17, 15) is 14.4 Å². The van der Waals surface area contributed by atoms with Crippen molar-refractivity contribution in [1.82, 2.24) is 15.1 Å². The molecule has 0 aliphatic carbocycles. The van der Waals surface area contributed by atoms with Crippen molar-refractivity contribution in [3.63, 3.8) is 0 Å². The Balaban J connectivity index is 2.93. The quantitative estimate of drug-likeness (QED) is 0.763. The highest BCUT2D eigenvalue weighted by atomic mass is 35.5. The highest BCUT2D eigenvalue weighted by Gasteiger charge is 2.27. The molecule has 26 heavy (non-hydrogen) atoms. The molecular weight excluding hydrogens is 377 g/mol. The number of rotatable bonds is 7. The molecule has 8 heteroatoms. The molecule has 0 spiro atoms. The highest BCUT2D eigenvalue weighted by molar-refractivity contribution is 6.36. The summed E-state index contributed by atoms with van der Waals surface area (Å²) in [5.74, 6) is -0.815. The van der Waals surface area contributed by atoms with Gasteiger partial charge in [-0.05, 0) is 30.5 Å². The molecule has 1 aromatic rings. The van der Waals surface area contributed by atoms with Gasteiger partial charge in [0.05, 0.1) is 17.1 Å². The van der Waals surface area contributed by atoms with Gasteiger partial charge < -0.3 is 15.1 Å². The van der Waals surface area contributed by atoms with Gasteiger partial charge in [-0.3, -0.25) is 14.4 Å². The zero-order valence-electron chi connectivity index (χ0n) is 15.7. The number of halogens is 2. The average Bonchev–Trinajstić information content (AvgIpc) is 2.52. The van der Waals surface area contributed by atoms with Crippen LogP contribution >= 0.6 is 23.2 Å². The van der Waals surface area contributed by atoms with Crippen LogP contribution in [-0.2, 0) is 9.59 Å². The minimum absolute atomic E-state index is 0.0575. The molecule has 1 atom stereocenters. The van der Waals surface area contributed by atoms with Crippen LogP contribution in [0, 0.1) is 5.92 Å². The fourth-order valence-corrected chi connectivity index (χ4v) is 2.79. The maximum absolute atomic E-state index is 12.7. The first-order valence-electron chi connectivity index (χ1n) is 8.24. The summed E-state index contributed by atoms with van der Waals surface area (Å²) in [6, 6.07) is 3.79.